The lowest BCUT2D eigenvalue weighted by atomic mass is 10.0. The number of nitrogens with zero attached hydrogens (tertiary/aromatic N) is 4. The zero-order valence-electron chi connectivity index (χ0n) is 33.6. The van der Waals surface area contributed by atoms with Gasteiger partial charge in [0.15, 0.2) is 17.5 Å². The second kappa shape index (κ2) is 13.2. The molecule has 14 rings (SSSR count). The zero-order valence-corrected chi connectivity index (χ0v) is 34.4. The minimum Gasteiger partial charge on any atom is -0.456 e. The molecule has 0 unspecified atom stereocenters. The van der Waals surface area contributed by atoms with Gasteiger partial charge in [-0.1, -0.05) is 115 Å². The first-order valence-corrected chi connectivity index (χ1v) is 22.0. The normalized spacial score (nSPS) is 12.1. The zero-order chi connectivity index (χ0) is 41.2. The first-order valence-electron chi connectivity index (χ1n) is 21.2. The van der Waals surface area contributed by atoms with Crippen molar-refractivity contribution in [3.63, 3.8) is 0 Å². The Hall–Kier alpha value is -8.19. The third kappa shape index (κ3) is 5.32. The molecule has 0 aliphatic heterocycles. The van der Waals surface area contributed by atoms with Crippen molar-refractivity contribution in [3.8, 4) is 39.9 Å². The van der Waals surface area contributed by atoms with E-state index >= 15 is 0 Å². The summed E-state index contributed by atoms with van der Waals surface area (Å²) in [7, 11) is 0. The highest BCUT2D eigenvalue weighted by molar-refractivity contribution is 7.25. The number of hydrogen-bond acceptors (Lipinski definition) is 5. The summed E-state index contributed by atoms with van der Waals surface area (Å²) in [6.45, 7) is 0. The third-order valence-electron chi connectivity index (χ3n) is 12.8. The molecule has 0 atom stereocenters. The Kier molecular flexibility index (Phi) is 7.21. The fourth-order valence-corrected chi connectivity index (χ4v) is 10.8. The molecule has 0 aliphatic carbocycles. The average molecular weight is 821 g/mol. The molecule has 0 N–H and O–H groups in total. The number of benzene rings is 10. The van der Waals surface area contributed by atoms with Crippen LogP contribution in [-0.2, 0) is 0 Å². The molecule has 14 aromatic rings. The van der Waals surface area contributed by atoms with Gasteiger partial charge in [0.05, 0.1) is 11.0 Å². The summed E-state index contributed by atoms with van der Waals surface area (Å²) in [5, 5.41) is 14.2. The van der Waals surface area contributed by atoms with Crippen molar-refractivity contribution in [3.05, 3.63) is 194 Å². The molecule has 0 radical (unpaired) electrons. The Morgan fingerprint density at radius 3 is 1.67 bits per heavy atom. The second-order valence-corrected chi connectivity index (χ2v) is 17.5. The van der Waals surface area contributed by atoms with Crippen molar-refractivity contribution >= 4 is 108 Å². The number of hydrogen-bond donors (Lipinski definition) is 0. The molecule has 0 saturated heterocycles. The van der Waals surface area contributed by atoms with Crippen LogP contribution in [0.15, 0.2) is 199 Å². The predicted molar refractivity (Wildman–Crippen MR) is 263 cm³/mol. The fourth-order valence-electron chi connectivity index (χ4n) is 9.75. The van der Waals surface area contributed by atoms with Gasteiger partial charge in [0.1, 0.15) is 11.2 Å². The molecule has 0 saturated carbocycles. The standard InChI is InChI=1S/C57H32N4OS/c1-2-10-33(11-3-1)55-58-56(60-57(59-55)40-20-25-53-46(29-40)43-16-8-9-17-52(43)63-53)39-18-22-42-38(26-39)19-23-51-54(42)47-32-41(21-24-50(47)62-51)61-48-30-36-14-6-4-12-34(36)27-44(48)45-28-35-13-5-7-15-37(35)31-49(45)61/h1-32H. The lowest BCUT2D eigenvalue weighted by molar-refractivity contribution is 0.669. The number of fused-ring (bicyclic) bond motifs is 13. The summed E-state index contributed by atoms with van der Waals surface area (Å²) in [6.07, 6.45) is 0. The van der Waals surface area contributed by atoms with Crippen LogP contribution in [0.2, 0.25) is 0 Å². The lowest BCUT2D eigenvalue weighted by Crippen LogP contribution is -2.00. The van der Waals surface area contributed by atoms with Crippen LogP contribution in [0, 0.1) is 0 Å². The van der Waals surface area contributed by atoms with Gasteiger partial charge in [0.2, 0.25) is 0 Å². The first-order chi connectivity index (χ1) is 31.2. The highest BCUT2D eigenvalue weighted by atomic mass is 32.1. The molecule has 0 amide bonds. The maximum Gasteiger partial charge on any atom is 0.164 e. The summed E-state index contributed by atoms with van der Waals surface area (Å²) < 4.78 is 11.5. The Morgan fingerprint density at radius 2 is 0.937 bits per heavy atom. The smallest absolute Gasteiger partial charge is 0.164 e. The first kappa shape index (κ1) is 34.5. The number of rotatable bonds is 4. The van der Waals surface area contributed by atoms with Gasteiger partial charge in [-0.15, -0.1) is 11.3 Å². The second-order valence-electron chi connectivity index (χ2n) is 16.4. The van der Waals surface area contributed by atoms with E-state index in [4.69, 9.17) is 19.4 Å². The van der Waals surface area contributed by atoms with E-state index in [2.05, 4.69) is 180 Å². The molecule has 0 fully saturated rings. The Balaban J connectivity index is 0.947. The van der Waals surface area contributed by atoms with Crippen LogP contribution >= 0.6 is 11.3 Å². The van der Waals surface area contributed by atoms with Gasteiger partial charge in [-0.25, -0.2) is 15.0 Å². The maximum absolute atomic E-state index is 6.58. The number of thiophene rings is 1. The Bertz CT molecular complexity index is 4130. The molecule has 0 bridgehead atoms. The van der Waals surface area contributed by atoms with Crippen LogP contribution in [-0.4, -0.2) is 19.5 Å². The SMILES string of the molecule is c1ccc(-c2nc(-c3ccc4c(ccc5oc6ccc(-n7c8cc9ccccc9cc8c8cc9ccccc9cc87)cc6c54)c3)nc(-c3ccc4sc5ccccc5c4c3)n2)cc1. The Labute approximate surface area is 363 Å². The van der Waals surface area contributed by atoms with E-state index in [1.54, 1.807) is 0 Å². The Morgan fingerprint density at radius 1 is 0.349 bits per heavy atom. The van der Waals surface area contributed by atoms with E-state index < -0.39 is 0 Å². The van der Waals surface area contributed by atoms with Crippen molar-refractivity contribution in [2.45, 2.75) is 0 Å². The summed E-state index contributed by atoms with van der Waals surface area (Å²) in [6, 6.07) is 69.3. The van der Waals surface area contributed by atoms with E-state index in [1.165, 1.54) is 63.5 Å². The molecular formula is C57H32N4OS. The summed E-state index contributed by atoms with van der Waals surface area (Å²) in [5.41, 5.74) is 7.97. The average Bonchev–Trinajstić information content (AvgIpc) is 4.01. The van der Waals surface area contributed by atoms with E-state index in [1.807, 2.05) is 29.5 Å². The van der Waals surface area contributed by atoms with Gasteiger partial charge < -0.3 is 8.98 Å². The molecule has 292 valence electrons. The van der Waals surface area contributed by atoms with Crippen molar-refractivity contribution in [1.82, 2.24) is 19.5 Å². The number of furan rings is 1. The minimum absolute atomic E-state index is 0.627. The van der Waals surface area contributed by atoms with Gasteiger partial charge in [0, 0.05) is 64.1 Å². The van der Waals surface area contributed by atoms with Gasteiger partial charge in [-0.05, 0) is 111 Å². The van der Waals surface area contributed by atoms with E-state index in [0.717, 1.165) is 55.1 Å². The lowest BCUT2D eigenvalue weighted by Gasteiger charge is -2.10. The summed E-state index contributed by atoms with van der Waals surface area (Å²) in [4.78, 5) is 15.3. The fraction of sp³-hybridized carbons (Fsp3) is 0. The minimum atomic E-state index is 0.627. The van der Waals surface area contributed by atoms with Crippen molar-refractivity contribution < 1.29 is 4.42 Å². The van der Waals surface area contributed by atoms with E-state index in [9.17, 15) is 0 Å². The largest absolute Gasteiger partial charge is 0.456 e. The summed E-state index contributed by atoms with van der Waals surface area (Å²) >= 11 is 1.81. The van der Waals surface area contributed by atoms with E-state index in [-0.39, 0.29) is 0 Å². The van der Waals surface area contributed by atoms with Crippen LogP contribution in [0.1, 0.15) is 0 Å². The van der Waals surface area contributed by atoms with E-state index in [0.29, 0.717) is 17.5 Å². The monoisotopic (exact) mass is 820 g/mol. The maximum atomic E-state index is 6.58. The van der Waals surface area contributed by atoms with Crippen LogP contribution in [0.5, 0.6) is 0 Å². The molecule has 4 heterocycles. The highest BCUT2D eigenvalue weighted by Crippen LogP contribution is 2.42. The number of aromatic nitrogens is 4. The van der Waals surface area contributed by atoms with Gasteiger partial charge >= 0.3 is 0 Å². The van der Waals surface area contributed by atoms with Gasteiger partial charge in [0.25, 0.3) is 0 Å². The molecular weight excluding hydrogens is 789 g/mol. The predicted octanol–water partition coefficient (Wildman–Crippen LogP) is 15.7. The van der Waals surface area contributed by atoms with Crippen molar-refractivity contribution in [2.24, 2.45) is 0 Å². The quantitative estimate of drug-likeness (QED) is 0.177. The van der Waals surface area contributed by atoms with Gasteiger partial charge in [-0.3, -0.25) is 0 Å². The van der Waals surface area contributed by atoms with Gasteiger partial charge in [-0.2, -0.15) is 0 Å². The molecule has 0 spiro atoms. The highest BCUT2D eigenvalue weighted by Gasteiger charge is 2.19. The molecule has 6 heteroatoms. The molecule has 4 aromatic heterocycles. The summed E-state index contributed by atoms with van der Waals surface area (Å²) in [5.74, 6) is 1.91. The third-order valence-corrected chi connectivity index (χ3v) is 13.9. The van der Waals surface area contributed by atoms with Crippen LogP contribution in [0.4, 0.5) is 0 Å². The van der Waals surface area contributed by atoms with Crippen LogP contribution < -0.4 is 0 Å². The molecule has 5 nitrogen and oxygen atoms in total. The molecule has 63 heavy (non-hydrogen) atoms. The van der Waals surface area contributed by atoms with Crippen molar-refractivity contribution in [2.75, 3.05) is 0 Å². The molecule has 0 aliphatic rings. The molecule has 10 aromatic carbocycles. The van der Waals surface area contributed by atoms with Crippen LogP contribution in [0.25, 0.3) is 136 Å². The topological polar surface area (TPSA) is 56.7 Å². The van der Waals surface area contributed by atoms with Crippen molar-refractivity contribution in [1.29, 1.82) is 0 Å². The van der Waals surface area contributed by atoms with Crippen LogP contribution in [0.3, 0.4) is 0 Å².